The molecule has 1 saturated heterocycles. The molecule has 2 rings (SSSR count). The number of aromatic hydroxyl groups is 1. The summed E-state index contributed by atoms with van der Waals surface area (Å²) in [5.41, 5.74) is 2.07. The van der Waals surface area contributed by atoms with E-state index in [4.69, 9.17) is 0 Å². The van der Waals surface area contributed by atoms with Gasteiger partial charge in [0.25, 0.3) is 0 Å². The molecule has 1 atom stereocenters. The summed E-state index contributed by atoms with van der Waals surface area (Å²) in [7, 11) is -3.05. The normalized spacial score (nSPS) is 21.0. The fourth-order valence-electron chi connectivity index (χ4n) is 2.36. The van der Waals surface area contributed by atoms with E-state index in [2.05, 4.69) is 10.6 Å². The van der Waals surface area contributed by atoms with Crippen LogP contribution in [0.1, 0.15) is 17.5 Å². The van der Waals surface area contributed by atoms with E-state index >= 15 is 0 Å². The second-order valence-corrected chi connectivity index (χ2v) is 7.70. The predicted molar refractivity (Wildman–Crippen MR) is 81.3 cm³/mol. The van der Waals surface area contributed by atoms with Crippen LogP contribution < -0.4 is 10.6 Å². The van der Waals surface area contributed by atoms with Crippen molar-refractivity contribution in [3.8, 4) is 5.75 Å². The van der Waals surface area contributed by atoms with Gasteiger partial charge in [-0.3, -0.25) is 4.79 Å². The smallest absolute Gasteiger partial charge is 0.225 e. The Labute approximate surface area is 124 Å². The average Bonchev–Trinajstić information content (AvgIpc) is 2.34. The average molecular weight is 312 g/mol. The first-order chi connectivity index (χ1) is 9.77. The third-order valence-electron chi connectivity index (χ3n) is 3.55. The van der Waals surface area contributed by atoms with Crippen molar-refractivity contribution in [2.45, 2.75) is 26.3 Å². The molecule has 1 heterocycles. The van der Waals surface area contributed by atoms with E-state index in [0.29, 0.717) is 17.8 Å². The van der Waals surface area contributed by atoms with Crippen molar-refractivity contribution in [2.24, 2.45) is 0 Å². The molecule has 1 fully saturated rings. The Bertz CT molecular complexity index is 655. The zero-order chi connectivity index (χ0) is 15.6. The van der Waals surface area contributed by atoms with Gasteiger partial charge in [0.2, 0.25) is 5.91 Å². The van der Waals surface area contributed by atoms with Gasteiger partial charge in [-0.2, -0.15) is 0 Å². The van der Waals surface area contributed by atoms with Gasteiger partial charge in [-0.1, -0.05) is 0 Å². The molecule has 0 radical (unpaired) electrons. The van der Waals surface area contributed by atoms with Crippen LogP contribution in [0.5, 0.6) is 5.75 Å². The van der Waals surface area contributed by atoms with Gasteiger partial charge in [-0.25, -0.2) is 8.42 Å². The molecular weight excluding hydrogens is 292 g/mol. The molecule has 0 aromatic heterocycles. The minimum absolute atomic E-state index is 0.00594. The number of aryl methyl sites for hydroxylation is 2. The minimum Gasteiger partial charge on any atom is -0.508 e. The van der Waals surface area contributed by atoms with E-state index in [-0.39, 0.29) is 35.6 Å². The molecule has 1 aliphatic rings. The van der Waals surface area contributed by atoms with Gasteiger partial charge in [-0.15, -0.1) is 0 Å². The zero-order valence-electron chi connectivity index (χ0n) is 12.1. The number of sulfone groups is 1. The van der Waals surface area contributed by atoms with E-state index < -0.39 is 9.84 Å². The maximum absolute atomic E-state index is 12.0. The molecule has 1 aliphatic heterocycles. The standard InChI is InChI=1S/C14H20N2O4S/c1-9-6-13(17)10(2)5-12(9)16-14(18)7-11-8-21(19,20)4-3-15-11/h5-6,11,15,17H,3-4,7-8H2,1-2H3,(H,16,18). The molecule has 0 spiro atoms. The lowest BCUT2D eigenvalue weighted by molar-refractivity contribution is -0.116. The molecule has 116 valence electrons. The Hall–Kier alpha value is -1.60. The lowest BCUT2D eigenvalue weighted by atomic mass is 10.1. The second-order valence-electron chi connectivity index (χ2n) is 5.47. The van der Waals surface area contributed by atoms with Crippen LogP contribution in [0.15, 0.2) is 12.1 Å². The van der Waals surface area contributed by atoms with Crippen LogP contribution in [-0.4, -0.2) is 43.5 Å². The minimum atomic E-state index is -3.05. The molecule has 1 aromatic rings. The van der Waals surface area contributed by atoms with Crippen LogP contribution in [-0.2, 0) is 14.6 Å². The number of amides is 1. The SMILES string of the molecule is Cc1cc(NC(=O)CC2CS(=O)(=O)CCN2)c(C)cc1O. The van der Waals surface area contributed by atoms with E-state index in [1.165, 1.54) is 0 Å². The summed E-state index contributed by atoms with van der Waals surface area (Å²) in [6.07, 6.45) is 0.110. The number of benzene rings is 1. The molecule has 0 bridgehead atoms. The first-order valence-corrected chi connectivity index (χ1v) is 8.63. The Kier molecular flexibility index (Phi) is 4.53. The highest BCUT2D eigenvalue weighted by Crippen LogP contribution is 2.25. The van der Waals surface area contributed by atoms with E-state index in [1.54, 1.807) is 26.0 Å². The number of rotatable bonds is 3. The van der Waals surface area contributed by atoms with Crippen LogP contribution in [0.4, 0.5) is 5.69 Å². The van der Waals surface area contributed by atoms with Gasteiger partial charge in [0.15, 0.2) is 9.84 Å². The third kappa shape index (κ3) is 4.18. The summed E-state index contributed by atoms with van der Waals surface area (Å²) in [6, 6.07) is 2.95. The molecule has 7 heteroatoms. The molecule has 1 amide bonds. The predicted octanol–water partition coefficient (Wildman–Crippen LogP) is 0.724. The number of hydrogen-bond donors (Lipinski definition) is 3. The Balaban J connectivity index is 2.01. The van der Waals surface area contributed by atoms with Crippen LogP contribution in [0.25, 0.3) is 0 Å². The Morgan fingerprint density at radius 1 is 1.38 bits per heavy atom. The van der Waals surface area contributed by atoms with Gasteiger partial charge in [0, 0.05) is 24.7 Å². The molecule has 1 unspecified atom stereocenters. The topological polar surface area (TPSA) is 95.5 Å². The van der Waals surface area contributed by atoms with Crippen molar-refractivity contribution in [3.63, 3.8) is 0 Å². The van der Waals surface area contributed by atoms with Crippen LogP contribution in [0.2, 0.25) is 0 Å². The summed E-state index contributed by atoms with van der Waals surface area (Å²) in [5, 5.41) is 15.4. The summed E-state index contributed by atoms with van der Waals surface area (Å²) < 4.78 is 23.1. The Morgan fingerprint density at radius 3 is 2.76 bits per heavy atom. The van der Waals surface area contributed by atoms with Gasteiger partial charge in [-0.05, 0) is 37.1 Å². The second kappa shape index (κ2) is 6.03. The number of anilines is 1. The fourth-order valence-corrected chi connectivity index (χ4v) is 3.80. The van der Waals surface area contributed by atoms with E-state index in [0.717, 1.165) is 5.56 Å². The zero-order valence-corrected chi connectivity index (χ0v) is 13.0. The summed E-state index contributed by atoms with van der Waals surface area (Å²) in [4.78, 5) is 12.0. The number of phenols is 1. The number of nitrogens with one attached hydrogen (secondary N) is 2. The van der Waals surface area contributed by atoms with E-state index in [1.807, 2.05) is 0 Å². The van der Waals surface area contributed by atoms with Gasteiger partial charge in [0.1, 0.15) is 5.75 Å². The molecule has 3 N–H and O–H groups in total. The highest BCUT2D eigenvalue weighted by atomic mass is 32.2. The van der Waals surface area contributed by atoms with Crippen molar-refractivity contribution in [3.05, 3.63) is 23.3 Å². The monoisotopic (exact) mass is 312 g/mol. The molecule has 1 aromatic carbocycles. The van der Waals surface area contributed by atoms with Crippen LogP contribution in [0.3, 0.4) is 0 Å². The fraction of sp³-hybridized carbons (Fsp3) is 0.500. The first-order valence-electron chi connectivity index (χ1n) is 6.81. The molecule has 21 heavy (non-hydrogen) atoms. The van der Waals surface area contributed by atoms with Crippen molar-refractivity contribution in [1.82, 2.24) is 5.32 Å². The highest BCUT2D eigenvalue weighted by molar-refractivity contribution is 7.91. The number of phenolic OH excluding ortho intramolecular Hbond substituents is 1. The van der Waals surface area contributed by atoms with Crippen molar-refractivity contribution >= 4 is 21.4 Å². The maximum Gasteiger partial charge on any atom is 0.225 e. The van der Waals surface area contributed by atoms with Crippen molar-refractivity contribution in [2.75, 3.05) is 23.4 Å². The molecular formula is C14H20N2O4S. The van der Waals surface area contributed by atoms with Gasteiger partial charge < -0.3 is 15.7 Å². The number of carbonyl (C=O) groups excluding carboxylic acids is 1. The lowest BCUT2D eigenvalue weighted by Gasteiger charge is -2.23. The number of carbonyl (C=O) groups is 1. The maximum atomic E-state index is 12.0. The van der Waals surface area contributed by atoms with Crippen LogP contribution in [0, 0.1) is 13.8 Å². The van der Waals surface area contributed by atoms with Crippen molar-refractivity contribution < 1.29 is 18.3 Å². The largest absolute Gasteiger partial charge is 0.508 e. The summed E-state index contributed by atoms with van der Waals surface area (Å²) >= 11 is 0. The highest BCUT2D eigenvalue weighted by Gasteiger charge is 2.26. The van der Waals surface area contributed by atoms with Crippen molar-refractivity contribution in [1.29, 1.82) is 0 Å². The van der Waals surface area contributed by atoms with Gasteiger partial charge >= 0.3 is 0 Å². The number of hydrogen-bond acceptors (Lipinski definition) is 5. The quantitative estimate of drug-likeness (QED) is 0.715. The Morgan fingerprint density at radius 2 is 2.10 bits per heavy atom. The first kappa shape index (κ1) is 15.8. The summed E-state index contributed by atoms with van der Waals surface area (Å²) in [6.45, 7) is 3.93. The lowest BCUT2D eigenvalue weighted by Crippen LogP contribution is -2.46. The van der Waals surface area contributed by atoms with Crippen LogP contribution >= 0.6 is 0 Å². The van der Waals surface area contributed by atoms with Gasteiger partial charge in [0.05, 0.1) is 11.5 Å². The molecule has 6 nitrogen and oxygen atoms in total. The molecule has 0 aliphatic carbocycles. The van der Waals surface area contributed by atoms with E-state index in [9.17, 15) is 18.3 Å². The third-order valence-corrected chi connectivity index (χ3v) is 5.29. The summed E-state index contributed by atoms with van der Waals surface area (Å²) in [5.74, 6) is 0.0680. The molecule has 0 saturated carbocycles.